The number of rotatable bonds is 5. The van der Waals surface area contributed by atoms with Gasteiger partial charge in [-0.2, -0.15) is 0 Å². The van der Waals surface area contributed by atoms with E-state index in [1.807, 2.05) is 25.1 Å². The number of amides is 2. The van der Waals surface area contributed by atoms with E-state index in [0.29, 0.717) is 10.6 Å². The Balaban J connectivity index is 1.93. The maximum absolute atomic E-state index is 12.2. The van der Waals surface area contributed by atoms with Gasteiger partial charge in [0, 0.05) is 10.6 Å². The van der Waals surface area contributed by atoms with Gasteiger partial charge in [0.15, 0.2) is 0 Å². The van der Waals surface area contributed by atoms with Crippen LogP contribution in [-0.4, -0.2) is 17.9 Å². The first-order valence-electron chi connectivity index (χ1n) is 7.39. The third-order valence-corrected chi connectivity index (χ3v) is 3.72. The molecule has 0 saturated carbocycles. The van der Waals surface area contributed by atoms with Crippen molar-refractivity contribution in [1.29, 1.82) is 0 Å². The second-order valence-electron chi connectivity index (χ2n) is 5.35. The molecule has 0 fully saturated rings. The molecule has 23 heavy (non-hydrogen) atoms. The van der Waals surface area contributed by atoms with E-state index in [-0.39, 0.29) is 17.9 Å². The molecule has 2 aromatic rings. The standard InChI is InChI=1S/C18H19ClN2O2/c1-12(15-9-6-10-16(19)11-15)20-17(22)13(2)21-18(23)14-7-4-3-5-8-14/h3-13H,1-2H3,(H,20,22)(H,21,23)/t12-,13+/m0/s1. The minimum absolute atomic E-state index is 0.197. The summed E-state index contributed by atoms with van der Waals surface area (Å²) < 4.78 is 0. The fraction of sp³-hybridized carbons (Fsp3) is 0.222. The molecule has 0 aliphatic carbocycles. The lowest BCUT2D eigenvalue weighted by Crippen LogP contribution is -2.45. The van der Waals surface area contributed by atoms with Gasteiger partial charge in [-0.15, -0.1) is 0 Å². The van der Waals surface area contributed by atoms with Crippen molar-refractivity contribution in [1.82, 2.24) is 10.6 Å². The summed E-state index contributed by atoms with van der Waals surface area (Å²) in [4.78, 5) is 24.3. The Labute approximate surface area is 140 Å². The SMILES string of the molecule is C[C@H](NC(=O)[C@@H](C)NC(=O)c1ccccc1)c1cccc(Cl)c1. The molecule has 2 atom stereocenters. The Morgan fingerprint density at radius 3 is 2.30 bits per heavy atom. The van der Waals surface area contributed by atoms with Crippen molar-refractivity contribution in [2.45, 2.75) is 25.9 Å². The molecule has 0 bridgehead atoms. The molecule has 4 nitrogen and oxygen atoms in total. The summed E-state index contributed by atoms with van der Waals surface area (Å²) in [6, 6.07) is 15.3. The zero-order valence-electron chi connectivity index (χ0n) is 13.0. The highest BCUT2D eigenvalue weighted by Crippen LogP contribution is 2.17. The van der Waals surface area contributed by atoms with Gasteiger partial charge in [0.05, 0.1) is 6.04 Å². The Hall–Kier alpha value is -2.33. The number of carbonyl (C=O) groups excluding carboxylic acids is 2. The van der Waals surface area contributed by atoms with Crippen molar-refractivity contribution in [2.24, 2.45) is 0 Å². The zero-order valence-corrected chi connectivity index (χ0v) is 13.8. The average molecular weight is 331 g/mol. The number of hydrogen-bond acceptors (Lipinski definition) is 2. The van der Waals surface area contributed by atoms with Gasteiger partial charge in [0.1, 0.15) is 6.04 Å². The molecule has 0 saturated heterocycles. The molecule has 2 amide bonds. The first kappa shape index (κ1) is 17.0. The molecule has 2 aromatic carbocycles. The minimum Gasteiger partial charge on any atom is -0.348 e. The van der Waals surface area contributed by atoms with E-state index in [0.717, 1.165) is 5.56 Å². The normalized spacial score (nSPS) is 13.0. The first-order valence-corrected chi connectivity index (χ1v) is 7.77. The van der Waals surface area contributed by atoms with Gasteiger partial charge in [-0.05, 0) is 43.7 Å². The van der Waals surface area contributed by atoms with Crippen molar-refractivity contribution in [3.8, 4) is 0 Å². The quantitative estimate of drug-likeness (QED) is 0.883. The van der Waals surface area contributed by atoms with Crippen LogP contribution in [0.3, 0.4) is 0 Å². The second kappa shape index (κ2) is 7.79. The molecule has 120 valence electrons. The van der Waals surface area contributed by atoms with E-state index < -0.39 is 6.04 Å². The number of carbonyl (C=O) groups is 2. The molecule has 0 spiro atoms. The molecule has 5 heteroatoms. The van der Waals surface area contributed by atoms with Crippen molar-refractivity contribution >= 4 is 23.4 Å². The van der Waals surface area contributed by atoms with Crippen molar-refractivity contribution in [2.75, 3.05) is 0 Å². The summed E-state index contributed by atoms with van der Waals surface area (Å²) in [5.74, 6) is -0.523. The summed E-state index contributed by atoms with van der Waals surface area (Å²) in [5, 5.41) is 6.17. The Kier molecular flexibility index (Phi) is 5.77. The van der Waals surface area contributed by atoms with E-state index >= 15 is 0 Å². The zero-order chi connectivity index (χ0) is 16.8. The van der Waals surface area contributed by atoms with Crippen LogP contribution < -0.4 is 10.6 Å². The van der Waals surface area contributed by atoms with Crippen LogP contribution in [-0.2, 0) is 4.79 Å². The molecule has 0 aromatic heterocycles. The summed E-state index contributed by atoms with van der Waals surface area (Å²) in [5.41, 5.74) is 1.43. The fourth-order valence-corrected chi connectivity index (χ4v) is 2.33. The van der Waals surface area contributed by atoms with Crippen molar-refractivity contribution in [3.05, 3.63) is 70.7 Å². The van der Waals surface area contributed by atoms with Gasteiger partial charge in [0.25, 0.3) is 5.91 Å². The van der Waals surface area contributed by atoms with Crippen LogP contribution in [0.4, 0.5) is 0 Å². The third kappa shape index (κ3) is 4.83. The fourth-order valence-electron chi connectivity index (χ4n) is 2.13. The number of halogens is 1. The molecule has 2 rings (SSSR count). The largest absolute Gasteiger partial charge is 0.348 e. The Bertz CT molecular complexity index is 688. The van der Waals surface area contributed by atoms with Crippen LogP contribution in [0.5, 0.6) is 0 Å². The molecule has 0 unspecified atom stereocenters. The summed E-state index contributed by atoms with van der Waals surface area (Å²) in [7, 11) is 0. The first-order chi connectivity index (χ1) is 11.0. The van der Waals surface area contributed by atoms with Gasteiger partial charge in [-0.3, -0.25) is 9.59 Å². The summed E-state index contributed by atoms with van der Waals surface area (Å²) in [6.45, 7) is 3.52. The third-order valence-electron chi connectivity index (χ3n) is 3.48. The Morgan fingerprint density at radius 2 is 1.65 bits per heavy atom. The van der Waals surface area contributed by atoms with Gasteiger partial charge < -0.3 is 10.6 Å². The lowest BCUT2D eigenvalue weighted by atomic mass is 10.1. The van der Waals surface area contributed by atoms with E-state index in [2.05, 4.69) is 10.6 Å². The van der Waals surface area contributed by atoms with E-state index in [4.69, 9.17) is 11.6 Å². The summed E-state index contributed by atoms with van der Waals surface area (Å²) in [6.07, 6.45) is 0. The molecular weight excluding hydrogens is 312 g/mol. The minimum atomic E-state index is -0.635. The highest BCUT2D eigenvalue weighted by atomic mass is 35.5. The number of benzene rings is 2. The predicted molar refractivity (Wildman–Crippen MR) is 91.4 cm³/mol. The van der Waals surface area contributed by atoms with Gasteiger partial charge in [-0.25, -0.2) is 0 Å². The van der Waals surface area contributed by atoms with Crippen LogP contribution in [0, 0.1) is 0 Å². The van der Waals surface area contributed by atoms with Crippen LogP contribution in [0.15, 0.2) is 54.6 Å². The molecule has 0 radical (unpaired) electrons. The van der Waals surface area contributed by atoms with E-state index in [9.17, 15) is 9.59 Å². The predicted octanol–water partition coefficient (Wildman–Crippen LogP) is 3.34. The van der Waals surface area contributed by atoms with Gasteiger partial charge >= 0.3 is 0 Å². The van der Waals surface area contributed by atoms with Gasteiger partial charge in [-0.1, -0.05) is 41.9 Å². The van der Waals surface area contributed by atoms with Crippen LogP contribution in [0.1, 0.15) is 35.8 Å². The monoisotopic (exact) mass is 330 g/mol. The van der Waals surface area contributed by atoms with E-state index in [1.165, 1.54) is 0 Å². The lowest BCUT2D eigenvalue weighted by molar-refractivity contribution is -0.123. The molecule has 0 aliphatic heterocycles. The van der Waals surface area contributed by atoms with Crippen LogP contribution >= 0.6 is 11.6 Å². The highest BCUT2D eigenvalue weighted by Gasteiger charge is 2.18. The van der Waals surface area contributed by atoms with Crippen molar-refractivity contribution in [3.63, 3.8) is 0 Å². The van der Waals surface area contributed by atoms with E-state index in [1.54, 1.807) is 43.3 Å². The van der Waals surface area contributed by atoms with Gasteiger partial charge in [0.2, 0.25) is 5.91 Å². The smallest absolute Gasteiger partial charge is 0.251 e. The highest BCUT2D eigenvalue weighted by molar-refractivity contribution is 6.30. The lowest BCUT2D eigenvalue weighted by Gasteiger charge is -2.19. The number of hydrogen-bond donors (Lipinski definition) is 2. The number of nitrogens with one attached hydrogen (secondary N) is 2. The van der Waals surface area contributed by atoms with Crippen LogP contribution in [0.25, 0.3) is 0 Å². The van der Waals surface area contributed by atoms with Crippen LogP contribution in [0.2, 0.25) is 5.02 Å². The Morgan fingerprint density at radius 1 is 0.957 bits per heavy atom. The molecule has 0 aliphatic rings. The maximum atomic E-state index is 12.2. The van der Waals surface area contributed by atoms with Crippen molar-refractivity contribution < 1.29 is 9.59 Å². The molecular formula is C18H19ClN2O2. The topological polar surface area (TPSA) is 58.2 Å². The maximum Gasteiger partial charge on any atom is 0.251 e. The molecule has 0 heterocycles. The average Bonchev–Trinajstić information content (AvgIpc) is 2.55. The molecule has 2 N–H and O–H groups in total. The second-order valence-corrected chi connectivity index (χ2v) is 5.78. The summed E-state index contributed by atoms with van der Waals surface area (Å²) >= 11 is 5.95.